The van der Waals surface area contributed by atoms with Gasteiger partial charge in [0.2, 0.25) is 5.91 Å². The van der Waals surface area contributed by atoms with Gasteiger partial charge in [-0.05, 0) is 30.6 Å². The molecule has 0 radical (unpaired) electrons. The zero-order valence-corrected chi connectivity index (χ0v) is 12.5. The van der Waals surface area contributed by atoms with Gasteiger partial charge in [0.15, 0.2) is 0 Å². The first-order valence-corrected chi connectivity index (χ1v) is 7.00. The van der Waals surface area contributed by atoms with Gasteiger partial charge in [0.25, 0.3) is 0 Å². The maximum absolute atomic E-state index is 11.7. The summed E-state index contributed by atoms with van der Waals surface area (Å²) >= 11 is 0. The molecule has 0 aliphatic carbocycles. The summed E-state index contributed by atoms with van der Waals surface area (Å²) in [6.45, 7) is 8.53. The minimum absolute atomic E-state index is 0.118. The Hall–Kier alpha value is -1.10. The van der Waals surface area contributed by atoms with Crippen molar-refractivity contribution in [2.24, 2.45) is 23.5 Å². The number of hydrogen-bond donors (Lipinski definition) is 3. The molecule has 0 aromatic rings. The zero-order valence-electron chi connectivity index (χ0n) is 12.5. The van der Waals surface area contributed by atoms with Crippen molar-refractivity contribution in [3.63, 3.8) is 0 Å². The van der Waals surface area contributed by atoms with Crippen LogP contribution in [0.15, 0.2) is 0 Å². The highest BCUT2D eigenvalue weighted by atomic mass is 16.4. The van der Waals surface area contributed by atoms with E-state index in [9.17, 15) is 9.59 Å². The SMILES string of the molecule is CC(C)C(CCNC(=O)[C@@H](N)C(C)C)CCC(=O)O. The molecule has 0 saturated heterocycles. The average molecular weight is 272 g/mol. The van der Waals surface area contributed by atoms with Crippen LogP contribution in [-0.4, -0.2) is 29.6 Å². The maximum Gasteiger partial charge on any atom is 0.303 e. The van der Waals surface area contributed by atoms with Crippen molar-refractivity contribution in [3.05, 3.63) is 0 Å². The number of carboxylic acid groups (broad SMARTS) is 1. The molecule has 2 atom stereocenters. The summed E-state index contributed by atoms with van der Waals surface area (Å²) in [6, 6.07) is -0.475. The Bertz CT molecular complexity index is 290. The molecule has 112 valence electrons. The summed E-state index contributed by atoms with van der Waals surface area (Å²) in [6.07, 6.45) is 1.63. The summed E-state index contributed by atoms with van der Waals surface area (Å²) in [7, 11) is 0. The third-order valence-corrected chi connectivity index (χ3v) is 3.51. The van der Waals surface area contributed by atoms with Crippen molar-refractivity contribution >= 4 is 11.9 Å². The number of nitrogens with two attached hydrogens (primary N) is 1. The third-order valence-electron chi connectivity index (χ3n) is 3.51. The molecule has 0 saturated carbocycles. The summed E-state index contributed by atoms with van der Waals surface area (Å²) in [5.41, 5.74) is 5.75. The van der Waals surface area contributed by atoms with Gasteiger partial charge in [-0.1, -0.05) is 27.7 Å². The molecule has 0 aromatic carbocycles. The van der Waals surface area contributed by atoms with E-state index in [0.29, 0.717) is 24.8 Å². The minimum atomic E-state index is -0.767. The van der Waals surface area contributed by atoms with Crippen molar-refractivity contribution < 1.29 is 14.7 Å². The zero-order chi connectivity index (χ0) is 15.0. The monoisotopic (exact) mass is 272 g/mol. The molecule has 0 spiro atoms. The number of rotatable bonds is 9. The Labute approximate surface area is 115 Å². The number of carbonyl (C=O) groups is 2. The van der Waals surface area contributed by atoms with Crippen molar-refractivity contribution in [2.45, 2.75) is 53.0 Å². The Morgan fingerprint density at radius 1 is 1.11 bits per heavy atom. The van der Waals surface area contributed by atoms with Gasteiger partial charge in [-0.3, -0.25) is 9.59 Å². The number of carboxylic acids is 1. The molecule has 5 nitrogen and oxygen atoms in total. The lowest BCUT2D eigenvalue weighted by molar-refractivity contribution is -0.137. The Kier molecular flexibility index (Phi) is 8.39. The molecule has 0 aliphatic rings. The molecule has 19 heavy (non-hydrogen) atoms. The summed E-state index contributed by atoms with van der Waals surface area (Å²) in [5.74, 6) is -0.0538. The van der Waals surface area contributed by atoms with Gasteiger partial charge in [-0.2, -0.15) is 0 Å². The van der Waals surface area contributed by atoms with E-state index in [1.165, 1.54) is 0 Å². The molecule has 0 bridgehead atoms. The first-order valence-electron chi connectivity index (χ1n) is 7.00. The van der Waals surface area contributed by atoms with Gasteiger partial charge in [-0.25, -0.2) is 0 Å². The fourth-order valence-corrected chi connectivity index (χ4v) is 1.92. The van der Waals surface area contributed by atoms with Crippen LogP contribution in [0.3, 0.4) is 0 Å². The highest BCUT2D eigenvalue weighted by Gasteiger charge is 2.18. The van der Waals surface area contributed by atoms with E-state index in [-0.39, 0.29) is 18.2 Å². The van der Waals surface area contributed by atoms with E-state index >= 15 is 0 Å². The van der Waals surface area contributed by atoms with Gasteiger partial charge in [0.05, 0.1) is 6.04 Å². The van der Waals surface area contributed by atoms with E-state index < -0.39 is 12.0 Å². The smallest absolute Gasteiger partial charge is 0.303 e. The van der Waals surface area contributed by atoms with E-state index in [0.717, 1.165) is 6.42 Å². The quantitative estimate of drug-likeness (QED) is 0.594. The van der Waals surface area contributed by atoms with Crippen molar-refractivity contribution in [2.75, 3.05) is 6.54 Å². The summed E-state index contributed by atoms with van der Waals surface area (Å²) in [5, 5.41) is 11.5. The highest BCUT2D eigenvalue weighted by Crippen LogP contribution is 2.20. The second-order valence-corrected chi connectivity index (χ2v) is 5.79. The minimum Gasteiger partial charge on any atom is -0.481 e. The predicted molar refractivity (Wildman–Crippen MR) is 75.6 cm³/mol. The lowest BCUT2D eigenvalue weighted by atomic mass is 9.88. The molecule has 4 N–H and O–H groups in total. The van der Waals surface area contributed by atoms with Gasteiger partial charge in [0, 0.05) is 13.0 Å². The lowest BCUT2D eigenvalue weighted by Gasteiger charge is -2.21. The van der Waals surface area contributed by atoms with Crippen LogP contribution in [0.4, 0.5) is 0 Å². The Balaban J connectivity index is 4.06. The summed E-state index contributed by atoms with van der Waals surface area (Å²) < 4.78 is 0. The van der Waals surface area contributed by atoms with Crippen LogP contribution < -0.4 is 11.1 Å². The van der Waals surface area contributed by atoms with Crippen LogP contribution in [-0.2, 0) is 9.59 Å². The molecule has 0 fully saturated rings. The lowest BCUT2D eigenvalue weighted by Crippen LogP contribution is -2.44. The van der Waals surface area contributed by atoms with Gasteiger partial charge in [0.1, 0.15) is 0 Å². The first kappa shape index (κ1) is 17.9. The first-order chi connectivity index (χ1) is 8.75. The van der Waals surface area contributed by atoms with Crippen LogP contribution in [0, 0.1) is 17.8 Å². The van der Waals surface area contributed by atoms with Gasteiger partial charge in [-0.15, -0.1) is 0 Å². The Morgan fingerprint density at radius 3 is 2.11 bits per heavy atom. The maximum atomic E-state index is 11.7. The number of aliphatic carboxylic acids is 1. The van der Waals surface area contributed by atoms with Crippen molar-refractivity contribution in [1.82, 2.24) is 5.32 Å². The standard InChI is InChI=1S/C14H28N2O3/c1-9(2)11(5-6-12(17)18)7-8-16-14(19)13(15)10(3)4/h9-11,13H,5-8,15H2,1-4H3,(H,16,19)(H,17,18)/t11?,13-/m0/s1. The van der Waals surface area contributed by atoms with Crippen molar-refractivity contribution in [1.29, 1.82) is 0 Å². The van der Waals surface area contributed by atoms with E-state index in [4.69, 9.17) is 10.8 Å². The molecular weight excluding hydrogens is 244 g/mol. The van der Waals surface area contributed by atoms with Crippen LogP contribution in [0.5, 0.6) is 0 Å². The summed E-state index contributed by atoms with van der Waals surface area (Å²) in [4.78, 5) is 22.3. The number of nitrogens with one attached hydrogen (secondary N) is 1. The number of carbonyl (C=O) groups excluding carboxylic acids is 1. The van der Waals surface area contributed by atoms with Gasteiger partial charge >= 0.3 is 5.97 Å². The largest absolute Gasteiger partial charge is 0.481 e. The second kappa shape index (κ2) is 8.91. The van der Waals surface area contributed by atoms with E-state index in [1.807, 2.05) is 13.8 Å². The number of amides is 1. The molecule has 0 aliphatic heterocycles. The molecule has 0 heterocycles. The molecular formula is C14H28N2O3. The normalized spacial score (nSPS) is 14.5. The van der Waals surface area contributed by atoms with E-state index in [2.05, 4.69) is 19.2 Å². The van der Waals surface area contributed by atoms with Gasteiger partial charge < -0.3 is 16.2 Å². The molecule has 5 heteroatoms. The molecule has 0 rings (SSSR count). The second-order valence-electron chi connectivity index (χ2n) is 5.79. The molecule has 1 amide bonds. The number of hydrogen-bond acceptors (Lipinski definition) is 3. The van der Waals surface area contributed by atoms with Crippen molar-refractivity contribution in [3.8, 4) is 0 Å². The fourth-order valence-electron chi connectivity index (χ4n) is 1.92. The van der Waals surface area contributed by atoms with Crippen LogP contribution in [0.25, 0.3) is 0 Å². The Morgan fingerprint density at radius 2 is 1.68 bits per heavy atom. The van der Waals surface area contributed by atoms with Crippen LogP contribution >= 0.6 is 0 Å². The fraction of sp³-hybridized carbons (Fsp3) is 0.857. The molecule has 1 unspecified atom stereocenters. The van der Waals surface area contributed by atoms with E-state index in [1.54, 1.807) is 0 Å². The average Bonchev–Trinajstić information content (AvgIpc) is 2.31. The predicted octanol–water partition coefficient (Wildman–Crippen LogP) is 1.61. The van der Waals surface area contributed by atoms with Crippen LogP contribution in [0.2, 0.25) is 0 Å². The molecule has 0 aromatic heterocycles. The third kappa shape index (κ3) is 7.82. The topological polar surface area (TPSA) is 92.4 Å². The van der Waals surface area contributed by atoms with Crippen LogP contribution in [0.1, 0.15) is 47.0 Å². The highest BCUT2D eigenvalue weighted by molar-refractivity contribution is 5.81.